The summed E-state index contributed by atoms with van der Waals surface area (Å²) >= 11 is 5.54. The number of nitrogens with one attached hydrogen (secondary N) is 2. The molecule has 2 rings (SSSR count). The van der Waals surface area contributed by atoms with E-state index in [0.717, 1.165) is 18.4 Å². The van der Waals surface area contributed by atoms with Gasteiger partial charge in [0.1, 0.15) is 5.82 Å². The fourth-order valence-electron chi connectivity index (χ4n) is 1.71. The first-order chi connectivity index (χ1) is 10.5. The van der Waals surface area contributed by atoms with Gasteiger partial charge >= 0.3 is 6.18 Å². The number of sulfonamides is 1. The van der Waals surface area contributed by atoms with E-state index in [0.29, 0.717) is 0 Å². The number of hydrogen-bond donors (Lipinski definition) is 2. The highest BCUT2D eigenvalue weighted by atomic mass is 35.5. The van der Waals surface area contributed by atoms with Crippen LogP contribution in [0.25, 0.3) is 0 Å². The molecule has 1 aromatic carbocycles. The fourth-order valence-corrected chi connectivity index (χ4v) is 2.48. The van der Waals surface area contributed by atoms with Crippen LogP contribution < -0.4 is 10.0 Å². The van der Waals surface area contributed by atoms with E-state index in [1.807, 2.05) is 0 Å². The molecule has 0 aliphatic rings. The summed E-state index contributed by atoms with van der Waals surface area (Å²) in [7, 11) is -3.43. The SMILES string of the molecule is CS(=O)(=O)Nc1ccc(Nc2ccc(Cl)c(C(F)(F)F)c2)nc1. The van der Waals surface area contributed by atoms with Crippen molar-refractivity contribution in [3.05, 3.63) is 47.1 Å². The summed E-state index contributed by atoms with van der Waals surface area (Å²) in [6.07, 6.45) is -2.33. The minimum Gasteiger partial charge on any atom is -0.340 e. The van der Waals surface area contributed by atoms with E-state index in [2.05, 4.69) is 15.0 Å². The van der Waals surface area contributed by atoms with Crippen molar-refractivity contribution >= 4 is 38.8 Å². The summed E-state index contributed by atoms with van der Waals surface area (Å²) < 4.78 is 62.7. The smallest absolute Gasteiger partial charge is 0.340 e. The van der Waals surface area contributed by atoms with Gasteiger partial charge in [-0.2, -0.15) is 13.2 Å². The van der Waals surface area contributed by atoms with E-state index in [1.54, 1.807) is 0 Å². The summed E-state index contributed by atoms with van der Waals surface area (Å²) in [5, 5.41) is 2.29. The van der Waals surface area contributed by atoms with Crippen molar-refractivity contribution in [2.75, 3.05) is 16.3 Å². The molecule has 10 heteroatoms. The van der Waals surface area contributed by atoms with Crippen molar-refractivity contribution in [1.82, 2.24) is 4.98 Å². The molecule has 0 amide bonds. The quantitative estimate of drug-likeness (QED) is 0.862. The number of aromatic nitrogens is 1. The highest BCUT2D eigenvalue weighted by Gasteiger charge is 2.33. The van der Waals surface area contributed by atoms with Gasteiger partial charge in [-0.05, 0) is 30.3 Å². The van der Waals surface area contributed by atoms with Crippen molar-refractivity contribution in [2.24, 2.45) is 0 Å². The zero-order chi connectivity index (χ0) is 17.3. The van der Waals surface area contributed by atoms with Gasteiger partial charge < -0.3 is 5.32 Å². The van der Waals surface area contributed by atoms with Crippen molar-refractivity contribution in [2.45, 2.75) is 6.18 Å². The number of nitrogens with zero attached hydrogens (tertiary/aromatic N) is 1. The van der Waals surface area contributed by atoms with Crippen LogP contribution in [0, 0.1) is 0 Å². The maximum atomic E-state index is 12.8. The van der Waals surface area contributed by atoms with E-state index in [9.17, 15) is 21.6 Å². The third-order valence-corrected chi connectivity index (χ3v) is 3.55. The topological polar surface area (TPSA) is 71.1 Å². The van der Waals surface area contributed by atoms with Crippen molar-refractivity contribution < 1.29 is 21.6 Å². The number of hydrogen-bond acceptors (Lipinski definition) is 4. The predicted molar refractivity (Wildman–Crippen MR) is 82.4 cm³/mol. The van der Waals surface area contributed by atoms with Crippen LogP contribution in [0.1, 0.15) is 5.56 Å². The van der Waals surface area contributed by atoms with Crippen LogP contribution >= 0.6 is 11.6 Å². The van der Waals surface area contributed by atoms with Crippen molar-refractivity contribution in [3.8, 4) is 0 Å². The van der Waals surface area contributed by atoms with E-state index in [4.69, 9.17) is 11.6 Å². The Morgan fingerprint density at radius 1 is 1.13 bits per heavy atom. The third kappa shape index (κ3) is 5.00. The molecule has 1 heterocycles. The molecule has 2 aromatic rings. The van der Waals surface area contributed by atoms with Gasteiger partial charge in [0.25, 0.3) is 0 Å². The van der Waals surface area contributed by atoms with Gasteiger partial charge in [0.2, 0.25) is 10.0 Å². The molecule has 5 nitrogen and oxygen atoms in total. The highest BCUT2D eigenvalue weighted by Crippen LogP contribution is 2.36. The van der Waals surface area contributed by atoms with Crippen LogP contribution in [0.2, 0.25) is 5.02 Å². The molecule has 0 spiro atoms. The number of rotatable bonds is 4. The number of anilines is 3. The van der Waals surface area contributed by atoms with Gasteiger partial charge in [-0.1, -0.05) is 11.6 Å². The average Bonchev–Trinajstić information content (AvgIpc) is 2.40. The predicted octanol–water partition coefficient (Wildman–Crippen LogP) is 3.87. The number of alkyl halides is 3. The van der Waals surface area contributed by atoms with E-state index in [1.165, 1.54) is 24.4 Å². The second kappa shape index (κ2) is 6.25. The zero-order valence-corrected chi connectivity index (χ0v) is 13.2. The van der Waals surface area contributed by atoms with Crippen LogP contribution in [-0.2, 0) is 16.2 Å². The summed E-state index contributed by atoms with van der Waals surface area (Å²) in [4.78, 5) is 3.92. The molecule has 2 N–H and O–H groups in total. The van der Waals surface area contributed by atoms with Gasteiger partial charge in [-0.15, -0.1) is 0 Å². The van der Waals surface area contributed by atoms with Gasteiger partial charge in [0.05, 0.1) is 28.7 Å². The average molecular weight is 366 g/mol. The second-order valence-electron chi connectivity index (χ2n) is 4.62. The Bertz CT molecular complexity index is 808. The molecule has 0 aliphatic carbocycles. The Labute approximate surface area is 135 Å². The standard InChI is InChI=1S/C13H11ClF3N3O2S/c1-23(21,22)20-9-3-5-12(18-7-9)19-8-2-4-11(14)10(6-8)13(15,16)17/h2-7,20H,1H3,(H,18,19). The first-order valence-electron chi connectivity index (χ1n) is 6.12. The van der Waals surface area contributed by atoms with Crippen LogP contribution in [0.15, 0.2) is 36.5 Å². The van der Waals surface area contributed by atoms with Gasteiger partial charge in [-0.25, -0.2) is 13.4 Å². The minimum atomic E-state index is -4.56. The maximum Gasteiger partial charge on any atom is 0.417 e. The number of benzene rings is 1. The van der Waals surface area contributed by atoms with Crippen LogP contribution in [0.3, 0.4) is 0 Å². The molecule has 0 aliphatic heterocycles. The zero-order valence-electron chi connectivity index (χ0n) is 11.6. The molecular formula is C13H11ClF3N3O2S. The molecule has 124 valence electrons. The molecule has 0 unspecified atom stereocenters. The largest absolute Gasteiger partial charge is 0.417 e. The highest BCUT2D eigenvalue weighted by molar-refractivity contribution is 7.92. The number of pyridine rings is 1. The Morgan fingerprint density at radius 2 is 1.78 bits per heavy atom. The molecule has 0 bridgehead atoms. The normalized spacial score (nSPS) is 12.0. The van der Waals surface area contributed by atoms with Gasteiger partial charge in [-0.3, -0.25) is 4.72 Å². The lowest BCUT2D eigenvalue weighted by Crippen LogP contribution is -2.09. The summed E-state index contributed by atoms with van der Waals surface area (Å²) in [6.45, 7) is 0. The monoisotopic (exact) mass is 365 g/mol. The molecule has 0 fully saturated rings. The van der Waals surface area contributed by atoms with Gasteiger partial charge in [0, 0.05) is 5.69 Å². The van der Waals surface area contributed by atoms with Crippen molar-refractivity contribution in [3.63, 3.8) is 0 Å². The second-order valence-corrected chi connectivity index (χ2v) is 6.78. The molecule has 23 heavy (non-hydrogen) atoms. The van der Waals surface area contributed by atoms with Crippen LogP contribution in [0.5, 0.6) is 0 Å². The first kappa shape index (κ1) is 17.4. The maximum absolute atomic E-state index is 12.8. The molecule has 0 saturated carbocycles. The molecule has 0 atom stereocenters. The Hall–Kier alpha value is -2.00. The van der Waals surface area contributed by atoms with Crippen molar-refractivity contribution in [1.29, 1.82) is 0 Å². The minimum absolute atomic E-state index is 0.151. The molecule has 1 aromatic heterocycles. The van der Waals surface area contributed by atoms with E-state index in [-0.39, 0.29) is 17.2 Å². The Kier molecular flexibility index (Phi) is 4.71. The first-order valence-corrected chi connectivity index (χ1v) is 8.39. The molecule has 0 saturated heterocycles. The van der Waals surface area contributed by atoms with Crippen LogP contribution in [-0.4, -0.2) is 19.7 Å². The van der Waals surface area contributed by atoms with Crippen LogP contribution in [0.4, 0.5) is 30.4 Å². The van der Waals surface area contributed by atoms with E-state index >= 15 is 0 Å². The molecule has 0 radical (unpaired) electrons. The summed E-state index contributed by atoms with van der Waals surface area (Å²) in [6, 6.07) is 6.23. The summed E-state index contributed by atoms with van der Waals surface area (Å²) in [5.41, 5.74) is -0.567. The summed E-state index contributed by atoms with van der Waals surface area (Å²) in [5.74, 6) is 0.250. The lowest BCUT2D eigenvalue weighted by atomic mass is 10.2. The van der Waals surface area contributed by atoms with Gasteiger partial charge in [0.15, 0.2) is 0 Å². The fraction of sp³-hybridized carbons (Fsp3) is 0.154. The Balaban J connectivity index is 2.20. The lowest BCUT2D eigenvalue weighted by molar-refractivity contribution is -0.137. The van der Waals surface area contributed by atoms with E-state index < -0.39 is 26.8 Å². The lowest BCUT2D eigenvalue weighted by Gasteiger charge is -2.12. The Morgan fingerprint density at radius 3 is 2.30 bits per heavy atom. The third-order valence-electron chi connectivity index (χ3n) is 2.61. The number of halogens is 4. The molecular weight excluding hydrogens is 355 g/mol.